The summed E-state index contributed by atoms with van der Waals surface area (Å²) in [4.78, 5) is 23.8. The first-order chi connectivity index (χ1) is 11.9. The minimum Gasteiger partial charge on any atom is -0.481 e. The lowest BCUT2D eigenvalue weighted by Crippen LogP contribution is -2.44. The molecular formula is C21H25FO3. The van der Waals surface area contributed by atoms with E-state index in [-0.39, 0.29) is 29.5 Å². The van der Waals surface area contributed by atoms with Crippen LogP contribution in [-0.2, 0) is 16.0 Å². The number of halogens is 1. The van der Waals surface area contributed by atoms with Gasteiger partial charge in [-0.25, -0.2) is 4.39 Å². The van der Waals surface area contributed by atoms with Crippen molar-refractivity contribution >= 4 is 11.8 Å². The summed E-state index contributed by atoms with van der Waals surface area (Å²) in [6, 6.07) is 5.40. The minimum absolute atomic E-state index is 0.103. The van der Waals surface area contributed by atoms with Gasteiger partial charge >= 0.3 is 5.97 Å². The molecule has 3 nitrogen and oxygen atoms in total. The molecule has 1 N–H and O–H groups in total. The first-order valence-electron chi connectivity index (χ1n) is 9.44. The van der Waals surface area contributed by atoms with Crippen molar-refractivity contribution in [1.29, 1.82) is 0 Å². The van der Waals surface area contributed by atoms with Crippen LogP contribution in [0.5, 0.6) is 0 Å². The van der Waals surface area contributed by atoms with Gasteiger partial charge in [-0.05, 0) is 73.0 Å². The monoisotopic (exact) mass is 344 g/mol. The Morgan fingerprint density at radius 1 is 1.36 bits per heavy atom. The van der Waals surface area contributed by atoms with Gasteiger partial charge in [0.15, 0.2) is 0 Å². The number of rotatable bonds is 3. The Labute approximate surface area is 147 Å². The molecule has 2 fully saturated rings. The second-order valence-corrected chi connectivity index (χ2v) is 8.42. The van der Waals surface area contributed by atoms with Crippen LogP contribution in [0.25, 0.3) is 0 Å². The maximum Gasteiger partial charge on any atom is 0.303 e. The Morgan fingerprint density at radius 3 is 2.92 bits per heavy atom. The molecule has 1 aromatic rings. The Hall–Kier alpha value is -1.71. The molecule has 0 saturated heterocycles. The second-order valence-electron chi connectivity index (χ2n) is 8.42. The molecule has 4 rings (SSSR count). The Bertz CT molecular complexity index is 728. The number of fused-ring (bicyclic) bond motifs is 5. The number of Topliss-reactive ketones (excluding diaryl/α,β-unsaturated/α-hetero) is 1. The van der Waals surface area contributed by atoms with E-state index in [9.17, 15) is 14.0 Å². The zero-order valence-electron chi connectivity index (χ0n) is 14.6. The van der Waals surface area contributed by atoms with Crippen molar-refractivity contribution in [3.8, 4) is 0 Å². The number of aliphatic carboxylic acids is 1. The van der Waals surface area contributed by atoms with Crippen LogP contribution in [0.2, 0.25) is 0 Å². The lowest BCUT2D eigenvalue weighted by molar-refractivity contribution is -0.137. The van der Waals surface area contributed by atoms with Crippen molar-refractivity contribution in [2.45, 2.75) is 57.8 Å². The minimum atomic E-state index is -0.788. The molecule has 0 aromatic heterocycles. The van der Waals surface area contributed by atoms with E-state index in [1.54, 1.807) is 12.1 Å². The molecule has 4 heteroatoms. The van der Waals surface area contributed by atoms with Crippen LogP contribution in [0.4, 0.5) is 4.39 Å². The molecule has 0 spiro atoms. The fourth-order valence-corrected chi connectivity index (χ4v) is 6.21. The Balaban J connectivity index is 1.68. The molecule has 25 heavy (non-hydrogen) atoms. The van der Waals surface area contributed by atoms with E-state index in [4.69, 9.17) is 5.11 Å². The predicted octanol–water partition coefficient (Wildman–Crippen LogP) is 4.34. The lowest BCUT2D eigenvalue weighted by Gasteiger charge is -2.50. The highest BCUT2D eigenvalue weighted by molar-refractivity contribution is 5.87. The zero-order chi connectivity index (χ0) is 17.8. The van der Waals surface area contributed by atoms with Crippen molar-refractivity contribution in [1.82, 2.24) is 0 Å². The summed E-state index contributed by atoms with van der Waals surface area (Å²) in [5, 5.41) is 9.07. The van der Waals surface area contributed by atoms with E-state index < -0.39 is 5.97 Å². The van der Waals surface area contributed by atoms with Gasteiger partial charge in [-0.15, -0.1) is 0 Å². The summed E-state index contributed by atoms with van der Waals surface area (Å²) >= 11 is 0. The molecule has 0 bridgehead atoms. The molecule has 134 valence electrons. The lowest BCUT2D eigenvalue weighted by atomic mass is 9.54. The van der Waals surface area contributed by atoms with E-state index in [0.29, 0.717) is 30.5 Å². The quantitative estimate of drug-likeness (QED) is 0.887. The standard InChI is InChI=1S/C21H25FO3/c1-21-10-9-14-13-3-2-4-17(22)15(13)6-7-16(14)20(21)12(11-18(21)23)5-8-19(24)25/h2-4,12,14,16,20H,5-11H2,1H3,(H,24,25)/t12?,14-,16?,20+,21?/m1/s1. The normalized spacial score (nSPS) is 36.5. The average Bonchev–Trinajstić information content (AvgIpc) is 2.84. The van der Waals surface area contributed by atoms with Crippen LogP contribution >= 0.6 is 0 Å². The van der Waals surface area contributed by atoms with Crippen molar-refractivity contribution < 1.29 is 19.1 Å². The number of benzene rings is 1. The second kappa shape index (κ2) is 5.93. The molecule has 3 aliphatic carbocycles. The van der Waals surface area contributed by atoms with Gasteiger partial charge in [-0.2, -0.15) is 0 Å². The first-order valence-corrected chi connectivity index (χ1v) is 9.44. The van der Waals surface area contributed by atoms with E-state index in [2.05, 4.69) is 13.0 Å². The van der Waals surface area contributed by atoms with Gasteiger partial charge in [0.25, 0.3) is 0 Å². The van der Waals surface area contributed by atoms with E-state index in [1.165, 1.54) is 0 Å². The summed E-state index contributed by atoms with van der Waals surface area (Å²) in [5.74, 6) is 0.523. The van der Waals surface area contributed by atoms with Gasteiger partial charge in [0.2, 0.25) is 0 Å². The number of hydrogen-bond acceptors (Lipinski definition) is 2. The third-order valence-corrected chi connectivity index (χ3v) is 7.29. The molecule has 0 aliphatic heterocycles. The number of carboxylic acid groups (broad SMARTS) is 1. The predicted molar refractivity (Wildman–Crippen MR) is 91.8 cm³/mol. The molecule has 0 amide bonds. The summed E-state index contributed by atoms with van der Waals surface area (Å²) in [6.07, 6.45) is 4.66. The molecule has 3 aliphatic rings. The van der Waals surface area contributed by atoms with Crippen LogP contribution in [0, 0.1) is 29.0 Å². The first kappa shape index (κ1) is 16.7. The van der Waals surface area contributed by atoms with Gasteiger partial charge in [-0.1, -0.05) is 19.1 Å². The molecule has 5 atom stereocenters. The number of carbonyl (C=O) groups is 2. The van der Waals surface area contributed by atoms with Crippen LogP contribution in [0.1, 0.15) is 62.5 Å². The zero-order valence-corrected chi connectivity index (χ0v) is 14.6. The molecule has 3 unspecified atom stereocenters. The highest BCUT2D eigenvalue weighted by Gasteiger charge is 2.58. The number of carbonyl (C=O) groups excluding carboxylic acids is 1. The SMILES string of the molecule is CC12CC[C@@H]3c4cccc(F)c4CCC3[C@@H]1C(CCC(=O)O)CC2=O. The summed E-state index contributed by atoms with van der Waals surface area (Å²) in [7, 11) is 0. The maximum absolute atomic E-state index is 14.2. The summed E-state index contributed by atoms with van der Waals surface area (Å²) in [6.45, 7) is 2.10. The number of hydrogen-bond donors (Lipinski definition) is 1. The molecule has 0 radical (unpaired) electrons. The Morgan fingerprint density at radius 2 is 2.16 bits per heavy atom. The summed E-state index contributed by atoms with van der Waals surface area (Å²) < 4.78 is 14.2. The van der Waals surface area contributed by atoms with Crippen LogP contribution < -0.4 is 0 Å². The molecular weight excluding hydrogens is 319 g/mol. The summed E-state index contributed by atoms with van der Waals surface area (Å²) in [5.41, 5.74) is 1.68. The van der Waals surface area contributed by atoms with Crippen LogP contribution in [-0.4, -0.2) is 16.9 Å². The third-order valence-electron chi connectivity index (χ3n) is 7.29. The van der Waals surface area contributed by atoms with Crippen molar-refractivity contribution in [3.63, 3.8) is 0 Å². The third kappa shape index (κ3) is 2.52. The molecule has 0 heterocycles. The van der Waals surface area contributed by atoms with Crippen molar-refractivity contribution in [2.24, 2.45) is 23.2 Å². The largest absolute Gasteiger partial charge is 0.481 e. The van der Waals surface area contributed by atoms with Gasteiger partial charge in [-0.3, -0.25) is 9.59 Å². The topological polar surface area (TPSA) is 54.4 Å². The highest BCUT2D eigenvalue weighted by Crippen LogP contribution is 2.62. The van der Waals surface area contributed by atoms with Gasteiger partial charge in [0.05, 0.1) is 0 Å². The Kier molecular flexibility index (Phi) is 3.97. The van der Waals surface area contributed by atoms with Gasteiger partial charge in [0.1, 0.15) is 11.6 Å². The molecule has 2 saturated carbocycles. The number of ketones is 1. The van der Waals surface area contributed by atoms with Gasteiger partial charge < -0.3 is 5.11 Å². The van der Waals surface area contributed by atoms with E-state index in [1.807, 2.05) is 0 Å². The fraction of sp³-hybridized carbons (Fsp3) is 0.619. The molecule has 1 aromatic carbocycles. The van der Waals surface area contributed by atoms with E-state index >= 15 is 0 Å². The van der Waals surface area contributed by atoms with Crippen molar-refractivity contribution in [3.05, 3.63) is 35.1 Å². The fourth-order valence-electron chi connectivity index (χ4n) is 6.21. The average molecular weight is 344 g/mol. The van der Waals surface area contributed by atoms with Crippen LogP contribution in [0.15, 0.2) is 18.2 Å². The smallest absolute Gasteiger partial charge is 0.303 e. The van der Waals surface area contributed by atoms with E-state index in [0.717, 1.165) is 36.8 Å². The maximum atomic E-state index is 14.2. The number of carboxylic acids is 1. The van der Waals surface area contributed by atoms with Crippen LogP contribution in [0.3, 0.4) is 0 Å². The highest BCUT2D eigenvalue weighted by atomic mass is 19.1. The van der Waals surface area contributed by atoms with Gasteiger partial charge in [0, 0.05) is 18.3 Å². The van der Waals surface area contributed by atoms with Crippen molar-refractivity contribution in [2.75, 3.05) is 0 Å².